The molecule has 0 unspecified atom stereocenters. The highest BCUT2D eigenvalue weighted by Gasteiger charge is 2.09. The minimum Gasteiger partial charge on any atom is -0.507 e. The van der Waals surface area contributed by atoms with Crippen molar-refractivity contribution in [3.05, 3.63) is 29.8 Å². The number of hydrazine groups is 2. The van der Waals surface area contributed by atoms with Gasteiger partial charge in [-0.05, 0) is 24.4 Å². The quantitative estimate of drug-likeness (QED) is 0.248. The van der Waals surface area contributed by atoms with Crippen LogP contribution < -0.4 is 22.1 Å². The average Bonchev–Trinajstić information content (AvgIpc) is 2.26. The standard InChI is InChI=1S/C8H10N4O2S/c9-10-8(15)12-11-7(14)5-3-1-2-4-6(5)13/h1-4,13H,9H2,(H,11,14)(H2,10,12,15). The van der Waals surface area contributed by atoms with Gasteiger partial charge in [-0.1, -0.05) is 12.1 Å². The first-order valence-corrected chi connectivity index (χ1v) is 4.41. The molecule has 0 aliphatic rings. The topological polar surface area (TPSA) is 99.4 Å². The molecule has 7 heteroatoms. The number of nitrogens with one attached hydrogen (secondary N) is 3. The summed E-state index contributed by atoms with van der Waals surface area (Å²) in [5.74, 6) is 4.36. The molecule has 0 fully saturated rings. The van der Waals surface area contributed by atoms with Crippen LogP contribution in [0.1, 0.15) is 10.4 Å². The molecular weight excluding hydrogens is 216 g/mol. The van der Waals surface area contributed by atoms with Crippen LogP contribution in [0.5, 0.6) is 5.75 Å². The molecule has 0 radical (unpaired) electrons. The van der Waals surface area contributed by atoms with Gasteiger partial charge in [0.05, 0.1) is 5.56 Å². The summed E-state index contributed by atoms with van der Waals surface area (Å²) in [6.45, 7) is 0. The maximum Gasteiger partial charge on any atom is 0.273 e. The number of carbonyl (C=O) groups excluding carboxylic acids is 1. The van der Waals surface area contributed by atoms with Crippen molar-refractivity contribution >= 4 is 23.2 Å². The van der Waals surface area contributed by atoms with Gasteiger partial charge in [-0.15, -0.1) is 0 Å². The van der Waals surface area contributed by atoms with Crippen molar-refractivity contribution in [1.82, 2.24) is 16.3 Å². The number of benzene rings is 1. The van der Waals surface area contributed by atoms with Crippen LogP contribution in [0, 0.1) is 0 Å². The van der Waals surface area contributed by atoms with Gasteiger partial charge in [-0.3, -0.25) is 21.1 Å². The van der Waals surface area contributed by atoms with E-state index in [1.165, 1.54) is 12.1 Å². The number of phenols is 1. The molecule has 0 spiro atoms. The summed E-state index contributed by atoms with van der Waals surface area (Å²) in [7, 11) is 0. The van der Waals surface area contributed by atoms with Gasteiger partial charge in [0.15, 0.2) is 5.11 Å². The van der Waals surface area contributed by atoms with Gasteiger partial charge < -0.3 is 5.11 Å². The highest BCUT2D eigenvalue weighted by atomic mass is 32.1. The second kappa shape index (κ2) is 5.13. The van der Waals surface area contributed by atoms with Crippen molar-refractivity contribution < 1.29 is 9.90 Å². The number of hydrogen-bond donors (Lipinski definition) is 5. The molecule has 0 aliphatic heterocycles. The van der Waals surface area contributed by atoms with Crippen LogP contribution in [0.2, 0.25) is 0 Å². The van der Waals surface area contributed by atoms with E-state index in [9.17, 15) is 9.90 Å². The molecular formula is C8H10N4O2S. The highest BCUT2D eigenvalue weighted by molar-refractivity contribution is 7.80. The Morgan fingerprint density at radius 2 is 2.00 bits per heavy atom. The smallest absolute Gasteiger partial charge is 0.273 e. The molecule has 1 aromatic rings. The second-order valence-electron chi connectivity index (χ2n) is 2.57. The van der Waals surface area contributed by atoms with Gasteiger partial charge in [0.2, 0.25) is 0 Å². The summed E-state index contributed by atoms with van der Waals surface area (Å²) in [6.07, 6.45) is 0. The van der Waals surface area contributed by atoms with E-state index in [0.29, 0.717) is 0 Å². The number of thiocarbonyl (C=S) groups is 1. The van der Waals surface area contributed by atoms with Crippen LogP contribution in [0.4, 0.5) is 0 Å². The van der Waals surface area contributed by atoms with E-state index >= 15 is 0 Å². The Morgan fingerprint density at radius 1 is 1.33 bits per heavy atom. The van der Waals surface area contributed by atoms with Crippen LogP contribution in [-0.4, -0.2) is 16.1 Å². The summed E-state index contributed by atoms with van der Waals surface area (Å²) in [5, 5.41) is 9.41. The fourth-order valence-electron chi connectivity index (χ4n) is 0.883. The maximum absolute atomic E-state index is 11.4. The third-order valence-corrected chi connectivity index (χ3v) is 1.79. The van der Waals surface area contributed by atoms with E-state index in [2.05, 4.69) is 28.5 Å². The van der Waals surface area contributed by atoms with Crippen LogP contribution >= 0.6 is 12.2 Å². The zero-order valence-corrected chi connectivity index (χ0v) is 8.47. The first kappa shape index (κ1) is 11.2. The lowest BCUT2D eigenvalue weighted by Crippen LogP contribution is -2.48. The number of aromatic hydroxyl groups is 1. The Labute approximate surface area is 91.4 Å². The van der Waals surface area contributed by atoms with Gasteiger partial charge in [-0.2, -0.15) is 0 Å². The number of rotatable bonds is 1. The Bertz CT molecular complexity index is 383. The molecule has 1 amide bonds. The Balaban J connectivity index is 2.62. The summed E-state index contributed by atoms with van der Waals surface area (Å²) in [4.78, 5) is 11.4. The lowest BCUT2D eigenvalue weighted by molar-refractivity contribution is 0.0941. The number of para-hydroxylation sites is 1. The Kier molecular flexibility index (Phi) is 3.83. The minimum absolute atomic E-state index is 0.0683. The van der Waals surface area contributed by atoms with Crippen LogP contribution in [0.3, 0.4) is 0 Å². The fraction of sp³-hybridized carbons (Fsp3) is 0. The molecule has 6 N–H and O–H groups in total. The van der Waals surface area contributed by atoms with E-state index in [4.69, 9.17) is 5.84 Å². The zero-order valence-electron chi connectivity index (χ0n) is 7.65. The van der Waals surface area contributed by atoms with E-state index in [1.807, 2.05) is 0 Å². The third-order valence-electron chi connectivity index (χ3n) is 1.57. The first-order chi connectivity index (χ1) is 7.15. The molecule has 0 bridgehead atoms. The number of amides is 1. The van der Waals surface area contributed by atoms with Gasteiger partial charge in [0.25, 0.3) is 5.91 Å². The summed E-state index contributed by atoms with van der Waals surface area (Å²) >= 11 is 4.63. The molecule has 0 atom stereocenters. The van der Waals surface area contributed by atoms with E-state index in [0.717, 1.165) is 0 Å². The molecule has 0 aromatic heterocycles. The van der Waals surface area contributed by atoms with Gasteiger partial charge in [0, 0.05) is 0 Å². The average molecular weight is 226 g/mol. The number of phenolic OH excluding ortho intramolecular Hbond substituents is 1. The Hall–Kier alpha value is -1.86. The lowest BCUT2D eigenvalue weighted by atomic mass is 10.2. The normalized spacial score (nSPS) is 9.13. The van der Waals surface area contributed by atoms with Crippen molar-refractivity contribution in [3.8, 4) is 5.75 Å². The molecule has 0 heterocycles. The zero-order chi connectivity index (χ0) is 11.3. The predicted octanol–water partition coefficient (Wildman–Crippen LogP) is -0.625. The molecule has 15 heavy (non-hydrogen) atoms. The van der Waals surface area contributed by atoms with Crippen molar-refractivity contribution in [2.24, 2.45) is 5.84 Å². The van der Waals surface area contributed by atoms with Crippen LogP contribution in [0.25, 0.3) is 0 Å². The largest absolute Gasteiger partial charge is 0.507 e. The van der Waals surface area contributed by atoms with Crippen molar-refractivity contribution in [2.75, 3.05) is 0 Å². The van der Waals surface area contributed by atoms with Crippen molar-refractivity contribution in [1.29, 1.82) is 0 Å². The summed E-state index contributed by atoms with van der Waals surface area (Å²) in [6, 6.07) is 6.14. The van der Waals surface area contributed by atoms with Crippen LogP contribution in [-0.2, 0) is 0 Å². The lowest BCUT2D eigenvalue weighted by Gasteiger charge is -2.09. The van der Waals surface area contributed by atoms with Crippen LogP contribution in [0.15, 0.2) is 24.3 Å². The van der Waals surface area contributed by atoms with E-state index in [-0.39, 0.29) is 16.4 Å². The molecule has 1 rings (SSSR count). The van der Waals surface area contributed by atoms with Gasteiger partial charge in [0.1, 0.15) is 5.75 Å². The monoisotopic (exact) mass is 226 g/mol. The van der Waals surface area contributed by atoms with Crippen molar-refractivity contribution in [2.45, 2.75) is 0 Å². The first-order valence-electron chi connectivity index (χ1n) is 4.00. The van der Waals surface area contributed by atoms with Crippen molar-refractivity contribution in [3.63, 3.8) is 0 Å². The van der Waals surface area contributed by atoms with Gasteiger partial charge in [-0.25, -0.2) is 5.84 Å². The summed E-state index contributed by atoms with van der Waals surface area (Å²) < 4.78 is 0. The maximum atomic E-state index is 11.4. The molecule has 1 aromatic carbocycles. The Morgan fingerprint density at radius 3 is 2.60 bits per heavy atom. The summed E-state index contributed by atoms with van der Waals surface area (Å²) in [5.41, 5.74) is 6.87. The van der Waals surface area contributed by atoms with E-state index < -0.39 is 5.91 Å². The molecule has 0 aliphatic carbocycles. The number of hydrogen-bond acceptors (Lipinski definition) is 4. The van der Waals surface area contributed by atoms with Gasteiger partial charge >= 0.3 is 0 Å². The molecule has 6 nitrogen and oxygen atoms in total. The molecule has 0 saturated carbocycles. The van der Waals surface area contributed by atoms with E-state index in [1.54, 1.807) is 12.1 Å². The predicted molar refractivity (Wildman–Crippen MR) is 58.6 cm³/mol. The fourth-order valence-corrected chi connectivity index (χ4v) is 0.934. The highest BCUT2D eigenvalue weighted by Crippen LogP contribution is 2.14. The third kappa shape index (κ3) is 3.08. The SMILES string of the molecule is NNC(=S)NNC(=O)c1ccccc1O. The second-order valence-corrected chi connectivity index (χ2v) is 2.98. The number of nitrogens with two attached hydrogens (primary N) is 1. The number of carbonyl (C=O) groups is 1. The minimum atomic E-state index is -0.509. The molecule has 80 valence electrons. The molecule has 0 saturated heterocycles.